The molecule has 24 heteroatoms. The Balaban J connectivity index is 1.60. The first-order valence-electron chi connectivity index (χ1n) is 10.7. The van der Waals surface area contributed by atoms with E-state index < -0.39 is 66.1 Å². The highest BCUT2D eigenvalue weighted by Crippen LogP contribution is 2.66. The molecule has 224 valence electrons. The number of carbonyl (C=O) groups is 1. The van der Waals surface area contributed by atoms with Crippen molar-refractivity contribution in [1.82, 2.24) is 19.5 Å². The summed E-state index contributed by atoms with van der Waals surface area (Å²) < 4.78 is 59.1. The predicted octanol–water partition coefficient (Wildman–Crippen LogP) is 0.291. The van der Waals surface area contributed by atoms with E-state index in [4.69, 9.17) is 25.0 Å². The summed E-state index contributed by atoms with van der Waals surface area (Å²) in [5.41, 5.74) is 4.93. The van der Waals surface area contributed by atoms with Gasteiger partial charge in [0.2, 0.25) is 0 Å². The van der Waals surface area contributed by atoms with Gasteiger partial charge < -0.3 is 44.9 Å². The first-order chi connectivity index (χ1) is 19.0. The third-order valence-electron chi connectivity index (χ3n) is 5.25. The van der Waals surface area contributed by atoms with Crippen molar-refractivity contribution >= 4 is 62.2 Å². The normalized spacial score (nSPS) is 24.1. The minimum Gasteiger partial charge on any atom is -0.451 e. The number of ether oxygens (including phenoxy) is 2. The molecule has 0 bridgehead atoms. The van der Waals surface area contributed by atoms with Gasteiger partial charge in [-0.1, -0.05) is 15.9 Å². The number of imidazole rings is 1. The summed E-state index contributed by atoms with van der Waals surface area (Å²) in [5, 5.41) is 11.0. The van der Waals surface area contributed by atoms with Crippen molar-refractivity contribution in [3.63, 3.8) is 0 Å². The van der Waals surface area contributed by atoms with Crippen LogP contribution in [0.15, 0.2) is 40.1 Å². The Morgan fingerprint density at radius 2 is 1.85 bits per heavy atom. The van der Waals surface area contributed by atoms with Crippen LogP contribution in [0.5, 0.6) is 0 Å². The molecule has 3 aromatic rings. The number of rotatable bonds is 10. The van der Waals surface area contributed by atoms with Crippen LogP contribution in [0.1, 0.15) is 16.6 Å². The van der Waals surface area contributed by atoms with E-state index in [-0.39, 0.29) is 22.4 Å². The summed E-state index contributed by atoms with van der Waals surface area (Å²) >= 11 is 3.19. The lowest BCUT2D eigenvalue weighted by atomic mass is 10.1. The van der Waals surface area contributed by atoms with Gasteiger partial charge in [0.05, 0.1) is 24.8 Å². The molecule has 0 saturated carbocycles. The Morgan fingerprint density at radius 3 is 2.54 bits per heavy atom. The standard InChI is InChI=1S/C17H19BrN5O15P3/c18-7-1-2-9(19)8(3-7)17(26)36-13-12(24)10(4-34-40(30,31)38-41(32,33)37-39(27,28)29)35-16(13)23-6-22-11-14(23)20-5-21-15(11)25/h1-3,5-6,10,12-13,16,24H,4,19H2,(H,30,31)(H,32,33)(H,20,21,25)(H2,27,28,29)/t10-,12-,13-,16-/m1/s1. The van der Waals surface area contributed by atoms with Crippen molar-refractivity contribution in [2.75, 3.05) is 12.3 Å². The number of aliphatic hydroxyl groups is 1. The number of halogens is 1. The number of H-pyrrole nitrogens is 1. The minimum absolute atomic E-state index is 0.0219. The average Bonchev–Trinajstić information content (AvgIpc) is 3.39. The van der Waals surface area contributed by atoms with Gasteiger partial charge in [-0.15, -0.1) is 0 Å². The molecule has 2 aromatic heterocycles. The molecule has 1 fully saturated rings. The number of nitrogen functional groups attached to an aromatic ring is 1. The summed E-state index contributed by atoms with van der Waals surface area (Å²) in [6, 6.07) is 4.31. The number of esters is 1. The topological polar surface area (TPSA) is 305 Å². The molecule has 1 saturated heterocycles. The Morgan fingerprint density at radius 1 is 1.15 bits per heavy atom. The predicted molar refractivity (Wildman–Crippen MR) is 136 cm³/mol. The summed E-state index contributed by atoms with van der Waals surface area (Å²) in [5.74, 6) is -1.02. The molecule has 1 aliphatic rings. The number of aromatic nitrogens is 4. The third-order valence-corrected chi connectivity index (χ3v) is 9.54. The average molecular weight is 706 g/mol. The minimum atomic E-state index is -5.81. The quantitative estimate of drug-likeness (QED) is 0.0846. The van der Waals surface area contributed by atoms with Crippen molar-refractivity contribution < 1.29 is 65.8 Å². The van der Waals surface area contributed by atoms with Crippen LogP contribution in [0.4, 0.5) is 5.69 Å². The van der Waals surface area contributed by atoms with E-state index in [1.54, 1.807) is 6.07 Å². The van der Waals surface area contributed by atoms with Crippen LogP contribution in [0.2, 0.25) is 0 Å². The number of aliphatic hydroxyl groups excluding tert-OH is 1. The van der Waals surface area contributed by atoms with Crippen molar-refractivity contribution in [3.05, 3.63) is 51.2 Å². The molecule has 1 aromatic carbocycles. The highest BCUT2D eigenvalue weighted by atomic mass is 79.9. The molecular weight excluding hydrogens is 687 g/mol. The molecule has 1 aliphatic heterocycles. The van der Waals surface area contributed by atoms with E-state index >= 15 is 0 Å². The van der Waals surface area contributed by atoms with Gasteiger partial charge in [-0.2, -0.15) is 8.62 Å². The van der Waals surface area contributed by atoms with Gasteiger partial charge in [-0.25, -0.2) is 28.5 Å². The Labute approximate surface area is 235 Å². The fourth-order valence-electron chi connectivity index (χ4n) is 3.62. The molecule has 0 amide bonds. The van der Waals surface area contributed by atoms with E-state index in [1.165, 1.54) is 12.1 Å². The zero-order valence-electron chi connectivity index (χ0n) is 19.9. The van der Waals surface area contributed by atoms with Crippen LogP contribution in [-0.4, -0.2) is 75.1 Å². The maximum Gasteiger partial charge on any atom is 0.490 e. The summed E-state index contributed by atoms with van der Waals surface area (Å²) in [6.07, 6.45) is -4.41. The molecular formula is C17H19BrN5O15P3. The smallest absolute Gasteiger partial charge is 0.451 e. The van der Waals surface area contributed by atoms with Gasteiger partial charge in [-0.05, 0) is 18.2 Å². The number of hydrogen-bond acceptors (Lipinski definition) is 14. The second-order valence-electron chi connectivity index (χ2n) is 8.10. The maximum atomic E-state index is 13.0. The first-order valence-corrected chi connectivity index (χ1v) is 16.1. The molecule has 0 spiro atoms. The zero-order valence-corrected chi connectivity index (χ0v) is 24.1. The van der Waals surface area contributed by atoms with E-state index in [0.29, 0.717) is 4.47 Å². The number of nitrogens with zero attached hydrogens (tertiary/aromatic N) is 3. The fourth-order valence-corrected chi connectivity index (χ4v) is 7.01. The Hall–Kier alpha value is -2.35. The van der Waals surface area contributed by atoms with E-state index in [9.17, 15) is 38.2 Å². The molecule has 4 rings (SSSR count). The van der Waals surface area contributed by atoms with E-state index in [0.717, 1.165) is 17.2 Å². The number of nitrogens with one attached hydrogen (secondary N) is 1. The Kier molecular flexibility index (Phi) is 9.04. The van der Waals surface area contributed by atoms with Crippen LogP contribution in [0.25, 0.3) is 11.2 Å². The van der Waals surface area contributed by atoms with Gasteiger partial charge >= 0.3 is 29.4 Å². The number of anilines is 1. The lowest BCUT2D eigenvalue weighted by molar-refractivity contribution is -0.0557. The molecule has 2 unspecified atom stereocenters. The van der Waals surface area contributed by atoms with Gasteiger partial charge in [0.1, 0.15) is 12.2 Å². The van der Waals surface area contributed by atoms with Crippen LogP contribution in [0.3, 0.4) is 0 Å². The molecule has 8 N–H and O–H groups in total. The van der Waals surface area contributed by atoms with Gasteiger partial charge in [-0.3, -0.25) is 13.9 Å². The van der Waals surface area contributed by atoms with Gasteiger partial charge in [0.15, 0.2) is 23.5 Å². The van der Waals surface area contributed by atoms with Crippen LogP contribution in [0, 0.1) is 0 Å². The Bertz CT molecular complexity index is 1680. The van der Waals surface area contributed by atoms with Crippen molar-refractivity contribution in [1.29, 1.82) is 0 Å². The number of fused-ring (bicyclic) bond motifs is 1. The lowest BCUT2D eigenvalue weighted by Gasteiger charge is -2.22. The molecule has 20 nitrogen and oxygen atoms in total. The molecule has 6 atom stereocenters. The molecule has 41 heavy (non-hydrogen) atoms. The van der Waals surface area contributed by atoms with Crippen molar-refractivity contribution in [2.45, 2.75) is 24.5 Å². The summed E-state index contributed by atoms with van der Waals surface area (Å²) in [4.78, 5) is 71.7. The van der Waals surface area contributed by atoms with Crippen molar-refractivity contribution in [2.24, 2.45) is 0 Å². The van der Waals surface area contributed by atoms with Crippen LogP contribution >= 0.6 is 39.4 Å². The second-order valence-corrected chi connectivity index (χ2v) is 13.4. The van der Waals surface area contributed by atoms with E-state index in [2.05, 4.69) is 44.0 Å². The number of benzene rings is 1. The number of phosphoric acid groups is 3. The molecule has 0 radical (unpaired) electrons. The number of hydrogen-bond donors (Lipinski definition) is 7. The monoisotopic (exact) mass is 705 g/mol. The number of nitrogens with two attached hydrogens (primary N) is 1. The lowest BCUT2D eigenvalue weighted by Crippen LogP contribution is -2.37. The SMILES string of the molecule is Nc1ccc(Br)cc1C(=O)O[C@@H]1[C@H](O)[C@@H](COP(=O)(O)OP(=O)(O)OP(=O)(O)O)O[C@H]1n1cnc2c(=O)[nH]cnc21. The number of carbonyl (C=O) groups excluding carboxylic acids is 1. The second kappa shape index (κ2) is 11.7. The van der Waals surface area contributed by atoms with Gasteiger partial charge in [0.25, 0.3) is 5.56 Å². The summed E-state index contributed by atoms with van der Waals surface area (Å²) in [7, 11) is -17.0. The highest BCUT2D eigenvalue weighted by molar-refractivity contribution is 9.10. The zero-order chi connectivity index (χ0) is 30.3. The summed E-state index contributed by atoms with van der Waals surface area (Å²) in [6.45, 7) is -1.07. The molecule has 3 heterocycles. The maximum absolute atomic E-state index is 13.0. The largest absolute Gasteiger partial charge is 0.490 e. The highest BCUT2D eigenvalue weighted by Gasteiger charge is 2.50. The first kappa shape index (κ1) is 31.6. The van der Waals surface area contributed by atoms with Gasteiger partial charge in [0, 0.05) is 10.2 Å². The number of aromatic amines is 1. The van der Waals surface area contributed by atoms with Crippen LogP contribution < -0.4 is 11.3 Å². The van der Waals surface area contributed by atoms with E-state index in [1.807, 2.05) is 0 Å². The molecule has 0 aliphatic carbocycles. The number of phosphoric ester groups is 1. The van der Waals surface area contributed by atoms with Crippen LogP contribution in [-0.2, 0) is 36.3 Å². The fraction of sp³-hybridized carbons (Fsp3) is 0.294. The van der Waals surface area contributed by atoms with Crippen molar-refractivity contribution in [3.8, 4) is 0 Å². The third kappa shape index (κ3) is 7.54.